The van der Waals surface area contributed by atoms with E-state index in [0.29, 0.717) is 28.8 Å². The fourth-order valence-corrected chi connectivity index (χ4v) is 4.36. The number of thioether (sulfide) groups is 1. The summed E-state index contributed by atoms with van der Waals surface area (Å²) in [5.41, 5.74) is 2.30. The fraction of sp³-hybridized carbons (Fsp3) is 0.333. The molecule has 10 heteroatoms. The van der Waals surface area contributed by atoms with Crippen molar-refractivity contribution < 1.29 is 14.3 Å². The molecule has 1 heterocycles. The van der Waals surface area contributed by atoms with Crippen molar-refractivity contribution in [2.45, 2.75) is 31.6 Å². The van der Waals surface area contributed by atoms with Gasteiger partial charge in [-0.2, -0.15) is 0 Å². The molecule has 0 aliphatic rings. The van der Waals surface area contributed by atoms with E-state index < -0.39 is 0 Å². The van der Waals surface area contributed by atoms with E-state index in [4.69, 9.17) is 4.74 Å². The quantitative estimate of drug-likeness (QED) is 0.269. The SMILES string of the molecule is C=CCn1c(SCC(=O)Nc2ccc(N(C)C)cc2)nnc1C(NC(=O)c1ccc(OC)cc1)C(C)C. The van der Waals surface area contributed by atoms with Crippen LogP contribution >= 0.6 is 11.8 Å². The highest BCUT2D eigenvalue weighted by atomic mass is 32.2. The number of ether oxygens (including phenoxy) is 1. The molecule has 2 amide bonds. The van der Waals surface area contributed by atoms with Crippen molar-refractivity contribution in [1.82, 2.24) is 20.1 Å². The van der Waals surface area contributed by atoms with Gasteiger partial charge in [0.2, 0.25) is 5.91 Å². The summed E-state index contributed by atoms with van der Waals surface area (Å²) >= 11 is 1.29. The third kappa shape index (κ3) is 7.36. The molecule has 1 unspecified atom stereocenters. The normalized spacial score (nSPS) is 11.6. The zero-order valence-electron chi connectivity index (χ0n) is 21.9. The largest absolute Gasteiger partial charge is 0.497 e. The molecular formula is C27H34N6O3S. The monoisotopic (exact) mass is 522 g/mol. The van der Waals surface area contributed by atoms with E-state index in [9.17, 15) is 9.59 Å². The number of anilines is 2. The number of nitrogens with one attached hydrogen (secondary N) is 2. The highest BCUT2D eigenvalue weighted by molar-refractivity contribution is 7.99. The van der Waals surface area contributed by atoms with Crippen LogP contribution in [0.5, 0.6) is 5.75 Å². The van der Waals surface area contributed by atoms with Crippen molar-refractivity contribution in [2.75, 3.05) is 37.2 Å². The molecule has 196 valence electrons. The molecule has 2 N–H and O–H groups in total. The van der Waals surface area contributed by atoms with E-state index in [1.54, 1.807) is 37.5 Å². The summed E-state index contributed by atoms with van der Waals surface area (Å²) in [6, 6.07) is 14.2. The topological polar surface area (TPSA) is 101 Å². The van der Waals surface area contributed by atoms with Crippen LogP contribution in [0.3, 0.4) is 0 Å². The number of hydrogen-bond acceptors (Lipinski definition) is 7. The highest BCUT2D eigenvalue weighted by Gasteiger charge is 2.26. The molecule has 3 rings (SSSR count). The molecule has 9 nitrogen and oxygen atoms in total. The van der Waals surface area contributed by atoms with Gasteiger partial charge in [0, 0.05) is 37.6 Å². The average Bonchev–Trinajstić information content (AvgIpc) is 3.28. The second kappa shape index (κ2) is 13.0. The molecule has 0 aliphatic heterocycles. The van der Waals surface area contributed by atoms with Gasteiger partial charge in [0.1, 0.15) is 5.75 Å². The van der Waals surface area contributed by atoms with Crippen molar-refractivity contribution in [3.63, 3.8) is 0 Å². The van der Waals surface area contributed by atoms with Gasteiger partial charge in [-0.1, -0.05) is 31.7 Å². The lowest BCUT2D eigenvalue weighted by atomic mass is 10.0. The highest BCUT2D eigenvalue weighted by Crippen LogP contribution is 2.26. The Labute approximate surface area is 222 Å². The lowest BCUT2D eigenvalue weighted by Gasteiger charge is -2.22. The van der Waals surface area contributed by atoms with E-state index in [0.717, 1.165) is 11.4 Å². The van der Waals surface area contributed by atoms with Gasteiger partial charge in [0.25, 0.3) is 5.91 Å². The number of allylic oxidation sites excluding steroid dienone is 1. The molecule has 0 aliphatic carbocycles. The molecule has 1 aromatic heterocycles. The Bertz CT molecular complexity index is 1210. The van der Waals surface area contributed by atoms with Crippen LogP contribution in [0.1, 0.15) is 36.1 Å². The molecular weight excluding hydrogens is 488 g/mol. The van der Waals surface area contributed by atoms with Gasteiger partial charge in [0.05, 0.1) is 18.9 Å². The molecule has 1 atom stereocenters. The molecule has 2 aromatic carbocycles. The van der Waals surface area contributed by atoms with Crippen molar-refractivity contribution in [1.29, 1.82) is 0 Å². The lowest BCUT2D eigenvalue weighted by Crippen LogP contribution is -2.33. The summed E-state index contributed by atoms with van der Waals surface area (Å²) in [6.45, 7) is 8.31. The van der Waals surface area contributed by atoms with Crippen molar-refractivity contribution in [3.05, 3.63) is 72.6 Å². The van der Waals surface area contributed by atoms with Crippen LogP contribution in [0.4, 0.5) is 11.4 Å². The van der Waals surface area contributed by atoms with Crippen LogP contribution in [0, 0.1) is 5.92 Å². The number of rotatable bonds is 12. The first kappa shape index (κ1) is 27.8. The molecule has 0 saturated heterocycles. The van der Waals surface area contributed by atoms with Gasteiger partial charge in [-0.05, 0) is 54.4 Å². The smallest absolute Gasteiger partial charge is 0.251 e. The molecule has 0 radical (unpaired) electrons. The number of hydrogen-bond donors (Lipinski definition) is 2. The maximum absolute atomic E-state index is 13.0. The van der Waals surface area contributed by atoms with Gasteiger partial charge in [0.15, 0.2) is 11.0 Å². The number of nitrogens with zero attached hydrogens (tertiary/aromatic N) is 4. The third-order valence-corrected chi connectivity index (χ3v) is 6.61. The van der Waals surface area contributed by atoms with Gasteiger partial charge in [-0.15, -0.1) is 16.8 Å². The summed E-state index contributed by atoms with van der Waals surface area (Å²) in [5, 5.41) is 15.3. The minimum Gasteiger partial charge on any atom is -0.497 e. The summed E-state index contributed by atoms with van der Waals surface area (Å²) in [5.74, 6) is 1.13. The standard InChI is InChI=1S/C27H34N6O3S/c1-7-16-33-25(24(18(2)3)29-26(35)19-8-14-22(36-6)15-9-19)30-31-27(33)37-17-23(34)28-20-10-12-21(13-11-20)32(4)5/h7-15,18,24H,1,16-17H2,2-6H3,(H,28,34)(H,29,35). The Morgan fingerprint density at radius 3 is 2.35 bits per heavy atom. The minimum absolute atomic E-state index is 0.0428. The lowest BCUT2D eigenvalue weighted by molar-refractivity contribution is -0.113. The predicted molar refractivity (Wildman–Crippen MR) is 148 cm³/mol. The van der Waals surface area contributed by atoms with Gasteiger partial charge in [-0.25, -0.2) is 0 Å². The van der Waals surface area contributed by atoms with Crippen LogP contribution in [-0.2, 0) is 11.3 Å². The van der Waals surface area contributed by atoms with E-state index in [1.807, 2.05) is 61.7 Å². The average molecular weight is 523 g/mol. The zero-order valence-corrected chi connectivity index (χ0v) is 22.7. The van der Waals surface area contributed by atoms with Crippen LogP contribution < -0.4 is 20.3 Å². The first-order chi connectivity index (χ1) is 17.7. The predicted octanol–water partition coefficient (Wildman–Crippen LogP) is 4.40. The zero-order chi connectivity index (χ0) is 26.9. The van der Waals surface area contributed by atoms with Crippen LogP contribution in [0.2, 0.25) is 0 Å². The number of amides is 2. The second-order valence-electron chi connectivity index (χ2n) is 8.94. The second-order valence-corrected chi connectivity index (χ2v) is 9.88. The van der Waals surface area contributed by atoms with Gasteiger partial charge < -0.3 is 24.8 Å². The summed E-state index contributed by atoms with van der Waals surface area (Å²) in [4.78, 5) is 27.5. The van der Waals surface area contributed by atoms with E-state index in [-0.39, 0.29) is 29.5 Å². The van der Waals surface area contributed by atoms with E-state index in [1.165, 1.54) is 11.8 Å². The summed E-state index contributed by atoms with van der Waals surface area (Å²) in [7, 11) is 5.51. The fourth-order valence-electron chi connectivity index (χ4n) is 3.60. The Morgan fingerprint density at radius 2 is 1.78 bits per heavy atom. The van der Waals surface area contributed by atoms with Crippen LogP contribution in [0.15, 0.2) is 66.3 Å². The summed E-state index contributed by atoms with van der Waals surface area (Å²) in [6.07, 6.45) is 1.74. The van der Waals surface area contributed by atoms with Gasteiger partial charge in [-0.3, -0.25) is 9.59 Å². The molecule has 37 heavy (non-hydrogen) atoms. The Morgan fingerprint density at radius 1 is 1.11 bits per heavy atom. The number of carbonyl (C=O) groups is 2. The Hall–Kier alpha value is -3.79. The minimum atomic E-state index is -0.388. The first-order valence-electron chi connectivity index (χ1n) is 11.9. The van der Waals surface area contributed by atoms with Crippen molar-refractivity contribution >= 4 is 35.0 Å². The van der Waals surface area contributed by atoms with Crippen LogP contribution in [0.25, 0.3) is 0 Å². The van der Waals surface area contributed by atoms with Crippen molar-refractivity contribution in [3.8, 4) is 5.75 Å². The third-order valence-electron chi connectivity index (χ3n) is 5.64. The first-order valence-corrected chi connectivity index (χ1v) is 12.9. The molecule has 3 aromatic rings. The number of carbonyl (C=O) groups excluding carboxylic acids is 2. The molecule has 0 bridgehead atoms. The van der Waals surface area contributed by atoms with Gasteiger partial charge >= 0.3 is 0 Å². The van der Waals surface area contributed by atoms with Crippen molar-refractivity contribution in [2.24, 2.45) is 5.92 Å². The summed E-state index contributed by atoms with van der Waals surface area (Å²) < 4.78 is 7.06. The van der Waals surface area contributed by atoms with E-state index in [2.05, 4.69) is 27.4 Å². The molecule has 0 fully saturated rings. The van der Waals surface area contributed by atoms with Crippen LogP contribution in [-0.4, -0.2) is 53.5 Å². The number of methoxy groups -OCH3 is 1. The molecule has 0 saturated carbocycles. The maximum atomic E-state index is 13.0. The maximum Gasteiger partial charge on any atom is 0.251 e. The van der Waals surface area contributed by atoms with E-state index >= 15 is 0 Å². The Kier molecular flexibility index (Phi) is 9.73. The Balaban J connectivity index is 1.71. The number of benzene rings is 2. The number of aromatic nitrogens is 3. The molecule has 0 spiro atoms.